The van der Waals surface area contributed by atoms with Crippen molar-refractivity contribution in [3.05, 3.63) is 63.1 Å². The van der Waals surface area contributed by atoms with E-state index in [1.165, 1.54) is 16.7 Å². The van der Waals surface area contributed by atoms with Gasteiger partial charge >= 0.3 is 18.4 Å². The molecule has 3 rings (SSSR count). The molecule has 202 valence electrons. The molecule has 0 spiro atoms. The van der Waals surface area contributed by atoms with E-state index in [1.54, 1.807) is 32.0 Å². The number of carbonyl (C=O) groups is 2. The van der Waals surface area contributed by atoms with E-state index in [0.29, 0.717) is 40.7 Å². The molecule has 5 nitrogen and oxygen atoms in total. The van der Waals surface area contributed by atoms with Crippen molar-refractivity contribution in [1.82, 2.24) is 4.90 Å². The van der Waals surface area contributed by atoms with Gasteiger partial charge in [-0.2, -0.15) is 26.3 Å². The Morgan fingerprint density at radius 3 is 2.19 bits per heavy atom. The number of nitrogens with zero attached hydrogens (tertiary/aromatic N) is 2. The predicted molar refractivity (Wildman–Crippen MR) is 128 cm³/mol. The number of para-hydroxylation sites is 1. The molecular weight excluding hydrogens is 570 g/mol. The molecule has 2 aromatic rings. The Morgan fingerprint density at radius 1 is 1.08 bits per heavy atom. The standard InChI is InChI=1S/C25H25BrF6N2O3/c1-14(2)37-23(36)33-9-5-8-21(19-6-4-7-20(26)22(19)33)34(15(3)35)13-16-10-17(24(27,28)29)12-18(11-16)25(30,31)32/h4,6-7,10-12,14,21H,5,8-9,13H2,1-3H3. The SMILES string of the molecule is CC(=O)N(Cc1cc(C(F)(F)F)cc(C(F)(F)F)c1)C1CCCN(C(=O)OC(C)C)c2c(Br)cccc21. The van der Waals surface area contributed by atoms with Gasteiger partial charge in [-0.05, 0) is 78.0 Å². The van der Waals surface area contributed by atoms with Crippen molar-refractivity contribution >= 4 is 33.6 Å². The summed E-state index contributed by atoms with van der Waals surface area (Å²) in [6.07, 6.45) is -10.3. The highest BCUT2D eigenvalue weighted by Gasteiger charge is 2.38. The summed E-state index contributed by atoms with van der Waals surface area (Å²) >= 11 is 3.43. The summed E-state index contributed by atoms with van der Waals surface area (Å²) in [5.74, 6) is -0.542. The van der Waals surface area contributed by atoms with Crippen LogP contribution < -0.4 is 4.90 Å². The van der Waals surface area contributed by atoms with Gasteiger partial charge < -0.3 is 9.64 Å². The third-order valence-electron chi connectivity index (χ3n) is 5.84. The zero-order valence-electron chi connectivity index (χ0n) is 20.2. The van der Waals surface area contributed by atoms with Crippen LogP contribution in [0.3, 0.4) is 0 Å². The first-order valence-corrected chi connectivity index (χ1v) is 12.2. The van der Waals surface area contributed by atoms with Crippen LogP contribution in [0.1, 0.15) is 61.9 Å². The van der Waals surface area contributed by atoms with Crippen LogP contribution in [-0.4, -0.2) is 29.5 Å². The summed E-state index contributed by atoms with van der Waals surface area (Å²) in [5, 5.41) is 0. The molecule has 0 N–H and O–H groups in total. The average molecular weight is 595 g/mol. The van der Waals surface area contributed by atoms with Crippen molar-refractivity contribution < 1.29 is 40.7 Å². The summed E-state index contributed by atoms with van der Waals surface area (Å²) in [4.78, 5) is 28.2. The van der Waals surface area contributed by atoms with Gasteiger partial charge in [0.15, 0.2) is 0 Å². The second-order valence-electron chi connectivity index (χ2n) is 8.98. The fraction of sp³-hybridized carbons (Fsp3) is 0.440. The lowest BCUT2D eigenvalue weighted by Crippen LogP contribution is -2.35. The first-order chi connectivity index (χ1) is 17.1. The lowest BCUT2D eigenvalue weighted by Gasteiger charge is -2.33. The Bertz CT molecular complexity index is 1130. The quantitative estimate of drug-likeness (QED) is 0.340. The van der Waals surface area contributed by atoms with Crippen molar-refractivity contribution in [3.63, 3.8) is 0 Å². The molecule has 0 saturated carbocycles. The number of fused-ring (bicyclic) bond motifs is 1. The van der Waals surface area contributed by atoms with E-state index >= 15 is 0 Å². The Kier molecular flexibility index (Phi) is 8.50. The maximum Gasteiger partial charge on any atom is 0.416 e. The van der Waals surface area contributed by atoms with Crippen molar-refractivity contribution in [2.45, 2.75) is 64.7 Å². The normalized spacial score (nSPS) is 16.3. The minimum absolute atomic E-state index is 0.0535. The zero-order chi connectivity index (χ0) is 27.7. The molecule has 37 heavy (non-hydrogen) atoms. The summed E-state index contributed by atoms with van der Waals surface area (Å²) in [6.45, 7) is 4.34. The van der Waals surface area contributed by atoms with Gasteiger partial charge in [0.05, 0.1) is 29.0 Å². The molecule has 2 aromatic carbocycles. The molecule has 1 heterocycles. The van der Waals surface area contributed by atoms with Gasteiger partial charge in [0, 0.05) is 24.5 Å². The minimum Gasteiger partial charge on any atom is -0.446 e. The fourth-order valence-corrected chi connectivity index (χ4v) is 4.91. The Balaban J connectivity index is 2.09. The largest absolute Gasteiger partial charge is 0.446 e. The van der Waals surface area contributed by atoms with Crippen LogP contribution in [0.25, 0.3) is 0 Å². The highest BCUT2D eigenvalue weighted by atomic mass is 79.9. The van der Waals surface area contributed by atoms with Gasteiger partial charge in [-0.3, -0.25) is 9.69 Å². The van der Waals surface area contributed by atoms with E-state index in [4.69, 9.17) is 4.74 Å². The maximum absolute atomic E-state index is 13.4. The molecule has 0 radical (unpaired) electrons. The van der Waals surface area contributed by atoms with Crippen LogP contribution in [0.5, 0.6) is 0 Å². The number of halogens is 7. The number of alkyl halides is 6. The molecule has 0 saturated heterocycles. The monoisotopic (exact) mass is 594 g/mol. The van der Waals surface area contributed by atoms with Gasteiger partial charge in [0.1, 0.15) is 0 Å². The number of ether oxygens (including phenoxy) is 1. The van der Waals surface area contributed by atoms with E-state index in [2.05, 4.69) is 15.9 Å². The topological polar surface area (TPSA) is 49.9 Å². The molecule has 2 amide bonds. The number of anilines is 1. The molecular formula is C25H25BrF6N2O3. The van der Waals surface area contributed by atoms with E-state index < -0.39 is 54.2 Å². The number of rotatable bonds is 4. The first kappa shape index (κ1) is 28.8. The smallest absolute Gasteiger partial charge is 0.416 e. The Labute approximate surface area is 218 Å². The molecule has 0 fully saturated rings. The van der Waals surface area contributed by atoms with Crippen molar-refractivity contribution in [2.75, 3.05) is 11.4 Å². The molecule has 12 heteroatoms. The van der Waals surface area contributed by atoms with E-state index in [1.807, 2.05) is 0 Å². The maximum atomic E-state index is 13.4. The zero-order valence-corrected chi connectivity index (χ0v) is 21.8. The number of carbonyl (C=O) groups excluding carboxylic acids is 2. The summed E-state index contributed by atoms with van der Waals surface area (Å²) in [7, 11) is 0. The van der Waals surface area contributed by atoms with Crippen LogP contribution in [0, 0.1) is 0 Å². The lowest BCUT2D eigenvalue weighted by molar-refractivity contribution is -0.143. The predicted octanol–water partition coefficient (Wildman–Crippen LogP) is 7.72. The van der Waals surface area contributed by atoms with Crippen molar-refractivity contribution in [2.24, 2.45) is 0 Å². The van der Waals surface area contributed by atoms with E-state index in [9.17, 15) is 35.9 Å². The Morgan fingerprint density at radius 2 is 1.68 bits per heavy atom. The van der Waals surface area contributed by atoms with Gasteiger partial charge in [0.25, 0.3) is 0 Å². The van der Waals surface area contributed by atoms with Crippen LogP contribution in [-0.2, 0) is 28.4 Å². The van der Waals surface area contributed by atoms with Crippen molar-refractivity contribution in [3.8, 4) is 0 Å². The van der Waals surface area contributed by atoms with E-state index in [-0.39, 0.29) is 18.2 Å². The minimum atomic E-state index is -5.01. The van der Waals surface area contributed by atoms with Gasteiger partial charge in [-0.15, -0.1) is 0 Å². The van der Waals surface area contributed by atoms with Crippen LogP contribution >= 0.6 is 15.9 Å². The average Bonchev–Trinajstić information content (AvgIpc) is 2.96. The number of amides is 2. The second-order valence-corrected chi connectivity index (χ2v) is 9.84. The summed E-state index contributed by atoms with van der Waals surface area (Å²) in [6, 6.07) is 5.62. The molecule has 1 aliphatic heterocycles. The Hall–Kier alpha value is -2.76. The van der Waals surface area contributed by atoms with Crippen LogP contribution in [0.4, 0.5) is 36.8 Å². The molecule has 1 aliphatic rings. The number of hydrogen-bond donors (Lipinski definition) is 0. The summed E-state index contributed by atoms with van der Waals surface area (Å²) in [5.41, 5.74) is -2.26. The molecule has 1 unspecified atom stereocenters. The summed E-state index contributed by atoms with van der Waals surface area (Å²) < 4.78 is 86.2. The lowest BCUT2D eigenvalue weighted by atomic mass is 9.98. The van der Waals surface area contributed by atoms with Gasteiger partial charge in [0.2, 0.25) is 5.91 Å². The highest BCUT2D eigenvalue weighted by Crippen LogP contribution is 2.43. The molecule has 0 bridgehead atoms. The van der Waals surface area contributed by atoms with Gasteiger partial charge in [-0.1, -0.05) is 12.1 Å². The number of benzene rings is 2. The third kappa shape index (κ3) is 6.77. The van der Waals surface area contributed by atoms with Crippen LogP contribution in [0.2, 0.25) is 0 Å². The fourth-order valence-electron chi connectivity index (χ4n) is 4.32. The van der Waals surface area contributed by atoms with Crippen LogP contribution in [0.15, 0.2) is 40.9 Å². The number of hydrogen-bond acceptors (Lipinski definition) is 3. The van der Waals surface area contributed by atoms with Crippen molar-refractivity contribution in [1.29, 1.82) is 0 Å². The molecule has 0 aromatic heterocycles. The first-order valence-electron chi connectivity index (χ1n) is 11.4. The third-order valence-corrected chi connectivity index (χ3v) is 6.48. The molecule has 1 atom stereocenters. The second kappa shape index (κ2) is 10.9. The highest BCUT2D eigenvalue weighted by molar-refractivity contribution is 9.10. The molecule has 0 aliphatic carbocycles. The van der Waals surface area contributed by atoms with Gasteiger partial charge in [-0.25, -0.2) is 4.79 Å². The van der Waals surface area contributed by atoms with E-state index in [0.717, 1.165) is 0 Å².